The number of non-ortho nitro benzene ring substituents is 1. The minimum atomic E-state index is -0.505. The van der Waals surface area contributed by atoms with Crippen molar-refractivity contribution < 1.29 is 14.1 Å². The van der Waals surface area contributed by atoms with Crippen molar-refractivity contribution >= 4 is 28.9 Å². The maximum atomic E-state index is 12.2. The molecule has 0 aliphatic heterocycles. The molecule has 0 saturated carbocycles. The van der Waals surface area contributed by atoms with Crippen LogP contribution in [-0.4, -0.2) is 10.8 Å². The summed E-state index contributed by atoms with van der Waals surface area (Å²) in [6.45, 7) is 0. The number of nitrogens with one attached hydrogen (secondary N) is 1. The van der Waals surface area contributed by atoms with Crippen molar-refractivity contribution in [2.24, 2.45) is 0 Å². The number of carbonyl (C=O) groups is 1. The Balaban J connectivity index is 1.75. The lowest BCUT2D eigenvalue weighted by Gasteiger charge is -2.03. The first-order chi connectivity index (χ1) is 11.5. The number of amides is 1. The molecule has 2 aromatic carbocycles. The highest BCUT2D eigenvalue weighted by atomic mass is 35.5. The third kappa shape index (κ3) is 3.44. The van der Waals surface area contributed by atoms with Crippen LogP contribution in [0.25, 0.3) is 11.3 Å². The molecule has 0 radical (unpaired) electrons. The van der Waals surface area contributed by atoms with Crippen molar-refractivity contribution in [2.75, 3.05) is 5.32 Å². The van der Waals surface area contributed by atoms with E-state index in [0.29, 0.717) is 16.5 Å². The van der Waals surface area contributed by atoms with Gasteiger partial charge in [0.2, 0.25) is 0 Å². The monoisotopic (exact) mass is 342 g/mol. The lowest BCUT2D eigenvalue weighted by Crippen LogP contribution is -2.10. The molecule has 1 N–H and O–H groups in total. The van der Waals surface area contributed by atoms with Crippen LogP contribution in [0.5, 0.6) is 0 Å². The second-order valence-electron chi connectivity index (χ2n) is 4.93. The third-order valence-electron chi connectivity index (χ3n) is 3.27. The van der Waals surface area contributed by atoms with Crippen LogP contribution in [0.4, 0.5) is 11.4 Å². The van der Waals surface area contributed by atoms with Gasteiger partial charge in [-0.15, -0.1) is 0 Å². The molecule has 3 rings (SSSR count). The first-order valence-electron chi connectivity index (χ1n) is 6.94. The standard InChI is InChI=1S/C17H11ClN2O4/c18-12-3-1-2-11(10-12)15-8-9-16(24-15)17(21)19-13-4-6-14(7-5-13)20(22)23/h1-10H,(H,19,21). The van der Waals surface area contributed by atoms with Crippen molar-refractivity contribution in [1.82, 2.24) is 0 Å². The molecule has 1 amide bonds. The smallest absolute Gasteiger partial charge is 0.291 e. The Morgan fingerprint density at radius 2 is 1.83 bits per heavy atom. The second kappa shape index (κ2) is 6.55. The molecule has 0 fully saturated rings. The number of nitro groups is 1. The van der Waals surface area contributed by atoms with Gasteiger partial charge in [0.25, 0.3) is 11.6 Å². The van der Waals surface area contributed by atoms with Crippen LogP contribution in [0.15, 0.2) is 65.1 Å². The van der Waals surface area contributed by atoms with Gasteiger partial charge in [-0.3, -0.25) is 14.9 Å². The van der Waals surface area contributed by atoms with E-state index in [-0.39, 0.29) is 11.4 Å². The quantitative estimate of drug-likeness (QED) is 0.547. The van der Waals surface area contributed by atoms with Crippen LogP contribution in [0, 0.1) is 10.1 Å². The molecule has 24 heavy (non-hydrogen) atoms. The number of nitrogens with zero attached hydrogens (tertiary/aromatic N) is 1. The molecule has 0 atom stereocenters. The highest BCUT2D eigenvalue weighted by Crippen LogP contribution is 2.25. The normalized spacial score (nSPS) is 10.4. The Labute approximate surface area is 141 Å². The molecule has 0 unspecified atom stereocenters. The van der Waals surface area contributed by atoms with Crippen molar-refractivity contribution in [3.05, 3.63) is 81.6 Å². The number of anilines is 1. The molecule has 7 heteroatoms. The van der Waals surface area contributed by atoms with E-state index in [1.807, 2.05) is 6.07 Å². The van der Waals surface area contributed by atoms with Crippen molar-refractivity contribution in [3.8, 4) is 11.3 Å². The summed E-state index contributed by atoms with van der Waals surface area (Å²) < 4.78 is 5.54. The van der Waals surface area contributed by atoms with E-state index in [4.69, 9.17) is 16.0 Å². The molecule has 6 nitrogen and oxygen atoms in total. The van der Waals surface area contributed by atoms with E-state index in [2.05, 4.69) is 5.32 Å². The van der Waals surface area contributed by atoms with Gasteiger partial charge in [-0.2, -0.15) is 0 Å². The highest BCUT2D eigenvalue weighted by Gasteiger charge is 2.13. The lowest BCUT2D eigenvalue weighted by atomic mass is 10.2. The van der Waals surface area contributed by atoms with Gasteiger partial charge in [-0.05, 0) is 36.4 Å². The fraction of sp³-hybridized carbons (Fsp3) is 0. The van der Waals surface area contributed by atoms with Crippen molar-refractivity contribution in [1.29, 1.82) is 0 Å². The number of furan rings is 1. The summed E-state index contributed by atoms with van der Waals surface area (Å²) in [5.41, 5.74) is 1.15. The molecule has 0 saturated heterocycles. The summed E-state index contributed by atoms with van der Waals surface area (Å²) in [5.74, 6) is 0.201. The first-order valence-corrected chi connectivity index (χ1v) is 7.32. The van der Waals surface area contributed by atoms with Crippen molar-refractivity contribution in [3.63, 3.8) is 0 Å². The number of halogens is 1. The van der Waals surface area contributed by atoms with Crippen LogP contribution in [-0.2, 0) is 0 Å². The molecule has 0 bridgehead atoms. The van der Waals surface area contributed by atoms with E-state index in [9.17, 15) is 14.9 Å². The van der Waals surface area contributed by atoms with E-state index < -0.39 is 10.8 Å². The molecule has 1 aromatic heterocycles. The maximum Gasteiger partial charge on any atom is 0.291 e. The minimum Gasteiger partial charge on any atom is -0.451 e. The van der Waals surface area contributed by atoms with Crippen LogP contribution >= 0.6 is 11.6 Å². The molecule has 3 aromatic rings. The van der Waals surface area contributed by atoms with Crippen LogP contribution < -0.4 is 5.32 Å². The number of nitro benzene ring substituents is 1. The van der Waals surface area contributed by atoms with Gasteiger partial charge >= 0.3 is 0 Å². The summed E-state index contributed by atoms with van der Waals surface area (Å²) in [7, 11) is 0. The van der Waals surface area contributed by atoms with Gasteiger partial charge in [-0.1, -0.05) is 23.7 Å². The van der Waals surface area contributed by atoms with Crippen LogP contribution in [0.1, 0.15) is 10.6 Å². The number of benzene rings is 2. The van der Waals surface area contributed by atoms with Crippen LogP contribution in [0.2, 0.25) is 5.02 Å². The largest absolute Gasteiger partial charge is 0.451 e. The van der Waals surface area contributed by atoms with Gasteiger partial charge in [0, 0.05) is 28.4 Å². The molecule has 120 valence electrons. The molecular weight excluding hydrogens is 332 g/mol. The topological polar surface area (TPSA) is 85.4 Å². The Morgan fingerprint density at radius 1 is 1.08 bits per heavy atom. The Bertz CT molecular complexity index is 903. The third-order valence-corrected chi connectivity index (χ3v) is 3.51. The minimum absolute atomic E-state index is 0.0470. The van der Waals surface area contributed by atoms with Gasteiger partial charge in [0.05, 0.1) is 4.92 Å². The number of hydrogen-bond donors (Lipinski definition) is 1. The summed E-state index contributed by atoms with van der Waals surface area (Å²) in [4.78, 5) is 22.3. The van der Waals surface area contributed by atoms with Crippen molar-refractivity contribution in [2.45, 2.75) is 0 Å². The zero-order valence-corrected chi connectivity index (χ0v) is 13.0. The Hall–Kier alpha value is -3.12. The first kappa shape index (κ1) is 15.8. The molecule has 0 aliphatic carbocycles. The predicted molar refractivity (Wildman–Crippen MR) is 90.2 cm³/mol. The lowest BCUT2D eigenvalue weighted by molar-refractivity contribution is -0.384. The van der Waals surface area contributed by atoms with Gasteiger partial charge in [0.1, 0.15) is 5.76 Å². The fourth-order valence-corrected chi connectivity index (χ4v) is 2.31. The van der Waals surface area contributed by atoms with E-state index >= 15 is 0 Å². The molecule has 1 heterocycles. The van der Waals surface area contributed by atoms with Gasteiger partial charge in [-0.25, -0.2) is 0 Å². The average molecular weight is 343 g/mol. The zero-order chi connectivity index (χ0) is 17.1. The van der Waals surface area contributed by atoms with Gasteiger partial charge in [0.15, 0.2) is 5.76 Å². The zero-order valence-electron chi connectivity index (χ0n) is 12.2. The van der Waals surface area contributed by atoms with E-state index in [1.165, 1.54) is 24.3 Å². The van der Waals surface area contributed by atoms with Gasteiger partial charge < -0.3 is 9.73 Å². The maximum absolute atomic E-state index is 12.2. The number of hydrogen-bond acceptors (Lipinski definition) is 4. The summed E-state index contributed by atoms with van der Waals surface area (Å²) in [6, 6.07) is 15.9. The van der Waals surface area contributed by atoms with E-state index in [0.717, 1.165) is 5.56 Å². The summed E-state index contributed by atoms with van der Waals surface area (Å²) in [5, 5.41) is 13.8. The SMILES string of the molecule is O=C(Nc1ccc([N+](=O)[O-])cc1)c1ccc(-c2cccc(Cl)c2)o1. The fourth-order valence-electron chi connectivity index (χ4n) is 2.12. The Morgan fingerprint density at radius 3 is 2.50 bits per heavy atom. The van der Waals surface area contributed by atoms with Crippen LogP contribution in [0.3, 0.4) is 0 Å². The Kier molecular flexibility index (Phi) is 4.31. The number of carbonyl (C=O) groups excluding carboxylic acids is 1. The van der Waals surface area contributed by atoms with E-state index in [1.54, 1.807) is 30.3 Å². The summed E-state index contributed by atoms with van der Waals surface area (Å²) >= 11 is 5.94. The highest BCUT2D eigenvalue weighted by molar-refractivity contribution is 6.30. The number of rotatable bonds is 4. The molecule has 0 spiro atoms. The average Bonchev–Trinajstić information content (AvgIpc) is 3.05. The predicted octanol–water partition coefficient (Wildman–Crippen LogP) is 4.76. The second-order valence-corrected chi connectivity index (χ2v) is 5.37. The molecular formula is C17H11ClN2O4. The summed E-state index contributed by atoms with van der Waals surface area (Å²) in [6.07, 6.45) is 0. The molecule has 0 aliphatic rings.